The molecule has 0 amide bonds. The summed E-state index contributed by atoms with van der Waals surface area (Å²) in [6.07, 6.45) is 3.61. The minimum absolute atomic E-state index is 0. The van der Waals surface area contributed by atoms with Crippen LogP contribution in [0, 0.1) is 39.3 Å². The van der Waals surface area contributed by atoms with Gasteiger partial charge in [0.15, 0.2) is 0 Å². The number of hydrogen-bond acceptors (Lipinski definition) is 12. The minimum Gasteiger partial charge on any atom is -0.502 e. The van der Waals surface area contributed by atoms with Crippen LogP contribution in [0.3, 0.4) is 0 Å². The number of hydrogen-bond donors (Lipinski definition) is 2. The molecular weight excluding hydrogens is 1380 g/mol. The van der Waals surface area contributed by atoms with Gasteiger partial charge in [-0.2, -0.15) is 74.0 Å². The van der Waals surface area contributed by atoms with Crippen LogP contribution in [-0.4, -0.2) is 44.2 Å². The van der Waals surface area contributed by atoms with Crippen molar-refractivity contribution < 1.29 is 52.3 Å². The fourth-order valence-corrected chi connectivity index (χ4v) is 11.0. The van der Waals surface area contributed by atoms with Crippen molar-refractivity contribution in [2.24, 2.45) is 0 Å². The fraction of sp³-hybridized carbons (Fsp3) is 0.147. The zero-order valence-corrected chi connectivity index (χ0v) is 51.3. The van der Waals surface area contributed by atoms with Gasteiger partial charge in [-0.3, -0.25) is 0 Å². The summed E-state index contributed by atoms with van der Waals surface area (Å²) in [4.78, 5) is 29.7. The van der Waals surface area contributed by atoms with Crippen molar-refractivity contribution in [2.75, 3.05) is 43.5 Å². The van der Waals surface area contributed by atoms with E-state index in [1.807, 2.05) is 173 Å². The minimum atomic E-state index is -0.0998. The second kappa shape index (κ2) is 24.4. The zero-order valence-electron chi connectivity index (χ0n) is 46.8. The maximum Gasteiger partial charge on any atom is 2.00 e. The zero-order chi connectivity index (χ0) is 55.7. The summed E-state index contributed by atoms with van der Waals surface area (Å²) in [6.45, 7) is 16.8. The number of anilines is 12. The van der Waals surface area contributed by atoms with Gasteiger partial charge in [0, 0.05) is 46.0 Å². The Labute approximate surface area is 510 Å². The van der Waals surface area contributed by atoms with E-state index in [1.54, 1.807) is 0 Å². The Balaban J connectivity index is 0.000000133. The Hall–Kier alpha value is -8.30. The van der Waals surface area contributed by atoms with E-state index in [4.69, 9.17) is 0 Å². The molecule has 82 heavy (non-hydrogen) atoms. The Bertz CT molecular complexity index is 3500. The fourth-order valence-electron chi connectivity index (χ4n) is 11.0. The van der Waals surface area contributed by atoms with Gasteiger partial charge in [-0.05, 0) is 123 Å². The molecule has 10 aromatic rings. The van der Waals surface area contributed by atoms with Gasteiger partial charge >= 0.3 is 42.1 Å². The Morgan fingerprint density at radius 1 is 0.390 bits per heavy atom. The van der Waals surface area contributed by atoms with E-state index in [0.717, 1.165) is 68.5 Å². The molecule has 0 unspecified atom stereocenters. The molecule has 0 saturated carbocycles. The van der Waals surface area contributed by atoms with Crippen LogP contribution in [0.15, 0.2) is 207 Å². The molecule has 12 nitrogen and oxygen atoms in total. The van der Waals surface area contributed by atoms with Crippen LogP contribution in [0.4, 0.5) is 68.5 Å². The van der Waals surface area contributed by atoms with Crippen LogP contribution in [0.2, 0.25) is 0 Å². The number of aromatic hydroxyl groups is 2. The average Bonchev–Trinajstić information content (AvgIpc) is 4.14. The molecule has 0 aliphatic carbocycles. The van der Waals surface area contributed by atoms with E-state index in [2.05, 4.69) is 164 Å². The summed E-state index contributed by atoms with van der Waals surface area (Å²) in [5.41, 5.74) is 16.3. The molecule has 0 spiro atoms. The first-order valence-electron chi connectivity index (χ1n) is 26.6. The topological polar surface area (TPSA) is 111 Å². The second-order valence-corrected chi connectivity index (χ2v) is 21.0. The van der Waals surface area contributed by atoms with Crippen molar-refractivity contribution in [3.8, 4) is 11.8 Å². The van der Waals surface area contributed by atoms with Gasteiger partial charge in [0.05, 0.1) is 22.7 Å². The van der Waals surface area contributed by atoms with E-state index in [0.29, 0.717) is 11.4 Å². The number of benzene rings is 6. The molecule has 2 N–H and O–H groups in total. The van der Waals surface area contributed by atoms with Crippen molar-refractivity contribution in [2.45, 2.75) is 52.4 Å². The molecule has 14 rings (SSSR count). The van der Waals surface area contributed by atoms with Crippen molar-refractivity contribution >= 4 is 68.5 Å². The predicted molar refractivity (Wildman–Crippen MR) is 324 cm³/mol. The predicted octanol–water partition coefficient (Wildman–Crippen LogP) is 15.6. The molecule has 0 atom stereocenters. The molecule has 4 aliphatic rings. The third kappa shape index (κ3) is 11.1. The molecule has 0 fully saturated rings. The largest absolute Gasteiger partial charge is 2.00 e. The average molecular weight is 1440 g/mol. The van der Waals surface area contributed by atoms with E-state index in [9.17, 15) is 10.2 Å². The standard InChI is InChI=1S/2C21H20N2O.2C13H11N3.2Pt/c2*1-14-12-13-19(20(24)22-14)23-17-10-6-4-8-15(17)21(2,3)16-9-5-7-11-18(16)23;2*1-15-10-16(11-6-3-2-4-7-11)13-12(15)8-5-9-14-13;;/h2*4-13H,1-3H3,(H,22,24);2*2-6,8-10H,1H3;;/q;;2*-2;2*+2. The number of nitrogens with zero attached hydrogens (tertiary/aromatic N) is 10. The molecule has 4 aliphatic heterocycles. The van der Waals surface area contributed by atoms with Gasteiger partial charge in [-0.25, -0.2) is 19.9 Å². The first-order valence-corrected chi connectivity index (χ1v) is 26.6. The first-order chi connectivity index (χ1) is 38.7. The van der Waals surface area contributed by atoms with Crippen molar-refractivity contribution in [1.29, 1.82) is 0 Å². The molecule has 4 aromatic heterocycles. The number of rotatable bonds is 4. The molecule has 14 heteroatoms. The van der Waals surface area contributed by atoms with E-state index >= 15 is 0 Å². The number of aryl methyl sites for hydroxylation is 2. The summed E-state index contributed by atoms with van der Waals surface area (Å²) in [6, 6.07) is 71.4. The van der Waals surface area contributed by atoms with Crippen LogP contribution < -0.4 is 29.4 Å². The van der Waals surface area contributed by atoms with Gasteiger partial charge < -0.3 is 39.6 Å². The Morgan fingerprint density at radius 3 is 1.02 bits per heavy atom. The molecule has 8 heterocycles. The number of para-hydroxylation sites is 6. The van der Waals surface area contributed by atoms with Crippen LogP contribution in [0.1, 0.15) is 61.3 Å². The van der Waals surface area contributed by atoms with Gasteiger partial charge in [0.25, 0.3) is 0 Å². The Kier molecular flexibility index (Phi) is 17.4. The van der Waals surface area contributed by atoms with Gasteiger partial charge in [0.2, 0.25) is 11.8 Å². The van der Waals surface area contributed by atoms with Crippen molar-refractivity contribution in [3.05, 3.63) is 266 Å². The molecule has 416 valence electrons. The van der Waals surface area contributed by atoms with Gasteiger partial charge in [0.1, 0.15) is 23.0 Å². The van der Waals surface area contributed by atoms with Gasteiger partial charge in [-0.15, -0.1) is 11.4 Å². The molecule has 6 aromatic carbocycles. The van der Waals surface area contributed by atoms with Crippen molar-refractivity contribution in [1.82, 2.24) is 19.9 Å². The summed E-state index contributed by atoms with van der Waals surface area (Å²) in [5.74, 6) is 2.01. The van der Waals surface area contributed by atoms with Crippen LogP contribution in [0.5, 0.6) is 11.8 Å². The number of fused-ring (bicyclic) bond motifs is 6. The maximum atomic E-state index is 10.5. The SMILES string of the molecule is CN1[CH-]N(c2[c-]cccc2)c2ncccc21.CN1[CH-]N(c2[c-]cccc2)c2ncccc21.Cc1ccc(N2c3ccccc3C(C)(C)c3ccccc32)c(O)n1.Cc1ccc(N2c3ccccc3C(C)(C)c3ccccc32)c(O)n1.[Pt+2].[Pt+2]. The van der Waals surface area contributed by atoms with E-state index < -0.39 is 0 Å². The molecule has 0 bridgehead atoms. The smallest absolute Gasteiger partial charge is 0.502 e. The van der Waals surface area contributed by atoms with Crippen LogP contribution in [-0.2, 0) is 53.0 Å². The second-order valence-electron chi connectivity index (χ2n) is 21.0. The van der Waals surface area contributed by atoms with E-state index in [-0.39, 0.29) is 64.7 Å². The third-order valence-corrected chi connectivity index (χ3v) is 15.0. The summed E-state index contributed by atoms with van der Waals surface area (Å²) < 4.78 is 0. The van der Waals surface area contributed by atoms with Crippen LogP contribution in [0.25, 0.3) is 0 Å². The summed E-state index contributed by atoms with van der Waals surface area (Å²) in [5, 5.41) is 20.9. The summed E-state index contributed by atoms with van der Waals surface area (Å²) in [7, 11) is 4.03. The van der Waals surface area contributed by atoms with Crippen molar-refractivity contribution in [3.63, 3.8) is 0 Å². The maximum absolute atomic E-state index is 10.5. The normalized spacial score (nSPS) is 14.2. The quantitative estimate of drug-likeness (QED) is 0.164. The third-order valence-electron chi connectivity index (χ3n) is 15.0. The van der Waals surface area contributed by atoms with E-state index in [1.165, 1.54) is 22.3 Å². The first kappa shape index (κ1) is 58.4. The Morgan fingerprint density at radius 2 is 0.707 bits per heavy atom. The monoisotopic (exact) mass is 1440 g/mol. The number of aromatic nitrogens is 4. The number of pyridine rings is 4. The molecular formula is C68H62N10O2Pt2. The molecule has 0 radical (unpaired) electrons. The molecule has 0 saturated heterocycles. The van der Waals surface area contributed by atoms with Gasteiger partial charge in [-0.1, -0.05) is 100 Å². The van der Waals surface area contributed by atoms with Crippen LogP contribution >= 0.6 is 0 Å². The summed E-state index contributed by atoms with van der Waals surface area (Å²) >= 11 is 0.